The molecule has 0 saturated carbocycles. The number of nitrogen functional groups attached to an aromatic ring is 1. The van der Waals surface area contributed by atoms with Crippen LogP contribution in [0.2, 0.25) is 0 Å². The van der Waals surface area contributed by atoms with E-state index in [9.17, 15) is 0 Å². The topological polar surface area (TPSA) is 30.1 Å². The quantitative estimate of drug-likeness (QED) is 0.376. The third kappa shape index (κ3) is 1.82. The van der Waals surface area contributed by atoms with E-state index in [1.807, 2.05) is 23.5 Å². The summed E-state index contributed by atoms with van der Waals surface area (Å²) in [5.41, 5.74) is 10.5. The Labute approximate surface area is 126 Å². The Balaban J connectivity index is 0.00000121. The van der Waals surface area contributed by atoms with Gasteiger partial charge in [-0.05, 0) is 36.8 Å². The SMILES string of the molecule is Cc1ccc2sc3ccc4cc(N)ccc4[n+]3c2c1.[Cl-]. The lowest BCUT2D eigenvalue weighted by Crippen LogP contribution is -3.00. The van der Waals surface area contributed by atoms with Crippen LogP contribution in [0.4, 0.5) is 5.69 Å². The zero-order chi connectivity index (χ0) is 13.0. The van der Waals surface area contributed by atoms with Crippen LogP contribution in [0.5, 0.6) is 0 Å². The summed E-state index contributed by atoms with van der Waals surface area (Å²) >= 11 is 1.82. The van der Waals surface area contributed by atoms with Gasteiger partial charge in [-0.1, -0.05) is 17.4 Å². The van der Waals surface area contributed by atoms with Crippen molar-refractivity contribution < 1.29 is 16.8 Å². The van der Waals surface area contributed by atoms with Crippen LogP contribution in [0.1, 0.15) is 5.56 Å². The first-order valence-electron chi connectivity index (χ1n) is 6.25. The molecule has 2 aromatic carbocycles. The molecule has 0 aliphatic carbocycles. The predicted octanol–water partition coefficient (Wildman–Crippen LogP) is 0.688. The summed E-state index contributed by atoms with van der Waals surface area (Å²) in [6, 6.07) is 17.0. The summed E-state index contributed by atoms with van der Waals surface area (Å²) in [7, 11) is 0. The van der Waals surface area contributed by atoms with Crippen LogP contribution in [0.15, 0.2) is 48.5 Å². The van der Waals surface area contributed by atoms with Crippen molar-refractivity contribution in [1.82, 2.24) is 0 Å². The van der Waals surface area contributed by atoms with Crippen LogP contribution < -0.4 is 22.5 Å². The second-order valence-electron chi connectivity index (χ2n) is 4.90. The fraction of sp³-hybridized carbons (Fsp3) is 0.0625. The molecule has 2 nitrogen and oxygen atoms in total. The van der Waals surface area contributed by atoms with Gasteiger partial charge in [0, 0.05) is 29.3 Å². The van der Waals surface area contributed by atoms with E-state index in [1.54, 1.807) is 0 Å². The first-order chi connectivity index (χ1) is 9.22. The third-order valence-corrected chi connectivity index (χ3v) is 4.58. The number of fused-ring (bicyclic) bond motifs is 5. The normalized spacial score (nSPS) is 11.1. The molecule has 4 aromatic rings. The summed E-state index contributed by atoms with van der Waals surface area (Å²) in [6.07, 6.45) is 0. The molecule has 0 unspecified atom stereocenters. The van der Waals surface area contributed by atoms with E-state index in [2.05, 4.69) is 47.7 Å². The molecule has 2 aromatic heterocycles. The van der Waals surface area contributed by atoms with E-state index >= 15 is 0 Å². The van der Waals surface area contributed by atoms with Crippen molar-refractivity contribution in [2.75, 3.05) is 5.73 Å². The molecule has 0 radical (unpaired) electrons. The average molecular weight is 301 g/mol. The van der Waals surface area contributed by atoms with Gasteiger partial charge in [0.25, 0.3) is 4.83 Å². The van der Waals surface area contributed by atoms with Crippen molar-refractivity contribution in [1.29, 1.82) is 0 Å². The highest BCUT2D eigenvalue weighted by molar-refractivity contribution is 7.23. The van der Waals surface area contributed by atoms with Gasteiger partial charge in [0.05, 0.1) is 0 Å². The second-order valence-corrected chi connectivity index (χ2v) is 5.96. The lowest BCUT2D eigenvalue weighted by atomic mass is 10.2. The van der Waals surface area contributed by atoms with Gasteiger partial charge >= 0.3 is 0 Å². The number of benzene rings is 2. The number of aryl methyl sites for hydroxylation is 1. The summed E-state index contributed by atoms with van der Waals surface area (Å²) < 4.78 is 3.64. The molecule has 2 N–H and O–H groups in total. The van der Waals surface area contributed by atoms with Gasteiger partial charge in [0.2, 0.25) is 11.0 Å². The Kier molecular flexibility index (Phi) is 3.04. The fourth-order valence-electron chi connectivity index (χ4n) is 2.59. The van der Waals surface area contributed by atoms with E-state index in [0.29, 0.717) is 0 Å². The summed E-state index contributed by atoms with van der Waals surface area (Å²) in [6.45, 7) is 2.13. The minimum absolute atomic E-state index is 0. The number of hydrogen-bond acceptors (Lipinski definition) is 2. The molecule has 0 amide bonds. The van der Waals surface area contributed by atoms with Crippen molar-refractivity contribution in [3.63, 3.8) is 0 Å². The van der Waals surface area contributed by atoms with E-state index in [-0.39, 0.29) is 12.4 Å². The number of nitrogens with zero attached hydrogens (tertiary/aromatic N) is 1. The van der Waals surface area contributed by atoms with Crippen molar-refractivity contribution >= 4 is 43.0 Å². The number of aromatic nitrogens is 1. The Morgan fingerprint density at radius 3 is 2.65 bits per heavy atom. The summed E-state index contributed by atoms with van der Waals surface area (Å²) in [5, 5.41) is 1.18. The molecule has 4 rings (SSSR count). The highest BCUT2D eigenvalue weighted by atomic mass is 35.5. The Morgan fingerprint density at radius 2 is 1.80 bits per heavy atom. The maximum absolute atomic E-state index is 5.87. The third-order valence-electron chi connectivity index (χ3n) is 3.49. The zero-order valence-corrected chi connectivity index (χ0v) is 12.5. The molecule has 4 heteroatoms. The molecule has 20 heavy (non-hydrogen) atoms. The molecule has 0 aliphatic rings. The van der Waals surface area contributed by atoms with Crippen molar-refractivity contribution in [2.24, 2.45) is 0 Å². The highest BCUT2D eigenvalue weighted by Crippen LogP contribution is 2.25. The molecular formula is C16H13ClN2S. The molecule has 0 bridgehead atoms. The lowest BCUT2D eigenvalue weighted by molar-refractivity contribution is -0.446. The lowest BCUT2D eigenvalue weighted by Gasteiger charge is -1.96. The molecule has 0 fully saturated rings. The summed E-state index contributed by atoms with van der Waals surface area (Å²) in [5.74, 6) is 0. The van der Waals surface area contributed by atoms with E-state index in [0.717, 1.165) is 5.69 Å². The standard InChI is InChI=1S/C16H13N2S.ClH/c1-10-2-6-15-14(8-10)18-13-5-4-12(17)9-11(13)3-7-16(18)19-15;/h2-9H,17H2,1H3;1H/q+1;/p-1. The molecule has 2 heterocycles. The molecule has 0 saturated heterocycles. The monoisotopic (exact) mass is 300 g/mol. The van der Waals surface area contributed by atoms with Gasteiger partial charge in [0.1, 0.15) is 4.70 Å². The van der Waals surface area contributed by atoms with Gasteiger partial charge in [0.15, 0.2) is 0 Å². The minimum atomic E-state index is 0. The Morgan fingerprint density at radius 1 is 0.950 bits per heavy atom. The van der Waals surface area contributed by atoms with Crippen LogP contribution in [-0.4, -0.2) is 0 Å². The molecule has 100 valence electrons. The van der Waals surface area contributed by atoms with Crippen molar-refractivity contribution in [3.8, 4) is 0 Å². The second kappa shape index (κ2) is 4.62. The van der Waals surface area contributed by atoms with Crippen LogP contribution in [0, 0.1) is 6.92 Å². The molecule has 0 atom stereocenters. The van der Waals surface area contributed by atoms with Gasteiger partial charge in [-0.2, -0.15) is 0 Å². The maximum Gasteiger partial charge on any atom is 0.268 e. The van der Waals surface area contributed by atoms with Gasteiger partial charge in [-0.15, -0.1) is 4.40 Å². The van der Waals surface area contributed by atoms with Crippen molar-refractivity contribution in [2.45, 2.75) is 6.92 Å². The molecule has 0 aliphatic heterocycles. The van der Waals surface area contributed by atoms with Crippen LogP contribution in [0.25, 0.3) is 25.9 Å². The number of rotatable bonds is 0. The van der Waals surface area contributed by atoms with Gasteiger partial charge < -0.3 is 18.1 Å². The van der Waals surface area contributed by atoms with Crippen LogP contribution in [0.3, 0.4) is 0 Å². The average Bonchev–Trinajstić information content (AvgIpc) is 2.76. The number of pyridine rings is 1. The first-order valence-corrected chi connectivity index (χ1v) is 7.07. The predicted molar refractivity (Wildman–Crippen MR) is 81.6 cm³/mol. The van der Waals surface area contributed by atoms with Gasteiger partial charge in [-0.3, -0.25) is 0 Å². The zero-order valence-electron chi connectivity index (χ0n) is 10.9. The first kappa shape index (κ1) is 13.2. The van der Waals surface area contributed by atoms with Crippen LogP contribution in [-0.2, 0) is 0 Å². The number of anilines is 1. The smallest absolute Gasteiger partial charge is 0.268 e. The number of thiazole rings is 1. The minimum Gasteiger partial charge on any atom is -1.00 e. The summed E-state index contributed by atoms with van der Waals surface area (Å²) in [4.78, 5) is 1.26. The Hall–Kier alpha value is -1.84. The maximum atomic E-state index is 5.87. The number of hydrogen-bond donors (Lipinski definition) is 1. The number of nitrogens with two attached hydrogens (primary N) is 1. The van der Waals surface area contributed by atoms with Crippen LogP contribution >= 0.6 is 11.3 Å². The Bertz CT molecular complexity index is 943. The molecule has 0 spiro atoms. The largest absolute Gasteiger partial charge is 1.00 e. The van der Waals surface area contributed by atoms with Crippen molar-refractivity contribution in [3.05, 3.63) is 54.1 Å². The van der Waals surface area contributed by atoms with E-state index in [1.165, 1.54) is 31.5 Å². The van der Waals surface area contributed by atoms with Gasteiger partial charge in [-0.25, -0.2) is 0 Å². The highest BCUT2D eigenvalue weighted by Gasteiger charge is 2.17. The van der Waals surface area contributed by atoms with E-state index in [4.69, 9.17) is 5.73 Å². The fourth-order valence-corrected chi connectivity index (χ4v) is 3.63. The van der Waals surface area contributed by atoms with E-state index < -0.39 is 0 Å². The molecular weight excluding hydrogens is 288 g/mol. The number of halogens is 1.